The number of likely N-dealkylation sites (N-methyl/N-ethyl adjacent to an activating group) is 1. The Kier molecular flexibility index (Phi) is 8.48. The molecule has 1 aromatic carbocycles. The lowest BCUT2D eigenvalue weighted by Gasteiger charge is -2.25. The summed E-state index contributed by atoms with van der Waals surface area (Å²) in [6.45, 7) is 5.88. The minimum absolute atomic E-state index is 0.399. The van der Waals surface area contributed by atoms with E-state index in [1.807, 2.05) is 32.0 Å². The summed E-state index contributed by atoms with van der Waals surface area (Å²) in [5.41, 5.74) is 8.63. The van der Waals surface area contributed by atoms with Crippen LogP contribution in [-0.2, 0) is 20.4 Å². The van der Waals surface area contributed by atoms with Gasteiger partial charge in [-0.3, -0.25) is 9.11 Å². The molecule has 9 nitrogen and oxygen atoms in total. The normalized spacial score (nSPS) is 11.5. The molecule has 0 spiro atoms. The summed E-state index contributed by atoms with van der Waals surface area (Å²) in [7, 11) is -7.79. The Bertz CT molecular complexity index is 696. The number of aryl methyl sites for hydroxylation is 1. The number of benzene rings is 1. The quantitative estimate of drug-likeness (QED) is 0.413. The summed E-state index contributed by atoms with van der Waals surface area (Å²) < 4.78 is 56.1. The van der Waals surface area contributed by atoms with Crippen LogP contribution in [0.2, 0.25) is 0 Å². The van der Waals surface area contributed by atoms with Crippen LogP contribution in [0.25, 0.3) is 0 Å². The number of sulfonamides is 1. The molecular formula is C12H23N3O6S2. The fraction of sp³-hybridized carbons (Fsp3) is 0.500. The molecule has 23 heavy (non-hydrogen) atoms. The Hall–Kier alpha value is -1.40. The summed E-state index contributed by atoms with van der Waals surface area (Å²) in [4.78, 5) is 2.12. The maximum atomic E-state index is 11.0. The summed E-state index contributed by atoms with van der Waals surface area (Å²) in [5, 5.41) is 0. The highest BCUT2D eigenvalue weighted by Crippen LogP contribution is 2.21. The van der Waals surface area contributed by atoms with Crippen molar-refractivity contribution in [2.45, 2.75) is 13.8 Å². The minimum Gasteiger partial charge on any atom is -0.399 e. The van der Waals surface area contributed by atoms with Crippen LogP contribution in [0.3, 0.4) is 0 Å². The molecule has 0 heterocycles. The molecule has 0 aliphatic heterocycles. The maximum Gasteiger partial charge on any atom is 0.394 e. The Labute approximate surface area is 137 Å². The fourth-order valence-electron chi connectivity index (χ4n) is 1.85. The first-order chi connectivity index (χ1) is 10.3. The van der Waals surface area contributed by atoms with Gasteiger partial charge in [0.15, 0.2) is 0 Å². The van der Waals surface area contributed by atoms with E-state index in [0.29, 0.717) is 13.1 Å². The second-order valence-electron chi connectivity index (χ2n) is 4.74. The minimum atomic E-state index is -4.67. The molecule has 134 valence electrons. The van der Waals surface area contributed by atoms with E-state index in [1.54, 1.807) is 0 Å². The number of nitrogens with two attached hydrogens (primary N) is 1. The first-order valence-electron chi connectivity index (χ1n) is 6.59. The monoisotopic (exact) mass is 369 g/mol. The number of rotatable bonds is 6. The molecule has 0 bridgehead atoms. The number of hydrogen-bond donors (Lipinski definition) is 4. The predicted octanol–water partition coefficient (Wildman–Crippen LogP) is 0.300. The lowest BCUT2D eigenvalue weighted by Crippen LogP contribution is -2.34. The molecule has 0 amide bonds. The third-order valence-electron chi connectivity index (χ3n) is 2.69. The fourth-order valence-corrected chi connectivity index (χ4v) is 2.31. The number of hydrogen-bond acceptors (Lipinski definition) is 6. The van der Waals surface area contributed by atoms with Gasteiger partial charge in [0.25, 0.3) is 0 Å². The lowest BCUT2D eigenvalue weighted by molar-refractivity contribution is 0.381. The number of anilines is 2. The van der Waals surface area contributed by atoms with E-state index < -0.39 is 20.4 Å². The Morgan fingerprint density at radius 2 is 1.74 bits per heavy atom. The van der Waals surface area contributed by atoms with Crippen LogP contribution < -0.4 is 15.4 Å². The van der Waals surface area contributed by atoms with Gasteiger partial charge in [0.05, 0.1) is 6.26 Å². The number of nitrogens with zero attached hydrogens (tertiary/aromatic N) is 1. The van der Waals surface area contributed by atoms with Gasteiger partial charge in [0, 0.05) is 31.0 Å². The molecular weight excluding hydrogens is 346 g/mol. The standard InChI is InChI=1S/C12H21N3O2S.H2O4S/c1-4-15(8-7-14-18(3,16)17)12-6-5-11(13)9-10(12)2;1-5(2,3)4/h5-6,9,14H,4,7-8,13H2,1-3H3;(H2,1,2,3,4). The molecule has 0 unspecified atom stereocenters. The zero-order chi connectivity index (χ0) is 18.3. The van der Waals surface area contributed by atoms with Crippen molar-refractivity contribution in [2.75, 3.05) is 36.5 Å². The predicted molar refractivity (Wildman–Crippen MR) is 90.5 cm³/mol. The van der Waals surface area contributed by atoms with Crippen LogP contribution in [0.5, 0.6) is 0 Å². The van der Waals surface area contributed by atoms with Gasteiger partial charge in [0.1, 0.15) is 0 Å². The van der Waals surface area contributed by atoms with E-state index in [1.165, 1.54) is 0 Å². The second-order valence-corrected chi connectivity index (χ2v) is 7.47. The first-order valence-corrected chi connectivity index (χ1v) is 9.88. The summed E-state index contributed by atoms with van der Waals surface area (Å²) in [6.07, 6.45) is 1.16. The van der Waals surface area contributed by atoms with Crippen molar-refractivity contribution in [1.29, 1.82) is 0 Å². The third-order valence-corrected chi connectivity index (χ3v) is 3.42. The molecule has 0 fully saturated rings. The summed E-state index contributed by atoms with van der Waals surface area (Å²) in [6, 6.07) is 5.74. The van der Waals surface area contributed by atoms with E-state index in [0.717, 1.165) is 29.7 Å². The largest absolute Gasteiger partial charge is 0.399 e. The molecule has 0 aromatic heterocycles. The average Bonchev–Trinajstić information content (AvgIpc) is 2.32. The molecule has 0 atom stereocenters. The summed E-state index contributed by atoms with van der Waals surface area (Å²) in [5.74, 6) is 0. The van der Waals surface area contributed by atoms with Gasteiger partial charge < -0.3 is 10.6 Å². The van der Waals surface area contributed by atoms with Gasteiger partial charge in [-0.2, -0.15) is 8.42 Å². The highest BCUT2D eigenvalue weighted by molar-refractivity contribution is 7.88. The molecule has 0 aliphatic carbocycles. The van der Waals surface area contributed by atoms with E-state index in [4.69, 9.17) is 23.3 Å². The van der Waals surface area contributed by atoms with Crippen molar-refractivity contribution >= 4 is 31.8 Å². The Balaban J connectivity index is 0.000000841. The second kappa shape index (κ2) is 9.03. The molecule has 11 heteroatoms. The summed E-state index contributed by atoms with van der Waals surface area (Å²) >= 11 is 0. The van der Waals surface area contributed by atoms with E-state index in [2.05, 4.69) is 9.62 Å². The molecule has 1 aromatic rings. The van der Waals surface area contributed by atoms with Crippen LogP contribution in [0.4, 0.5) is 11.4 Å². The van der Waals surface area contributed by atoms with Crippen LogP contribution in [-0.4, -0.2) is 51.8 Å². The van der Waals surface area contributed by atoms with Crippen LogP contribution in [0.1, 0.15) is 12.5 Å². The van der Waals surface area contributed by atoms with Crippen molar-refractivity contribution in [3.05, 3.63) is 23.8 Å². The molecule has 0 saturated carbocycles. The van der Waals surface area contributed by atoms with E-state index in [9.17, 15) is 8.42 Å². The molecule has 0 saturated heterocycles. The first kappa shape index (κ1) is 21.6. The average molecular weight is 369 g/mol. The van der Waals surface area contributed by atoms with Crippen LogP contribution >= 0.6 is 0 Å². The molecule has 0 aliphatic rings. The van der Waals surface area contributed by atoms with Crippen molar-refractivity contribution < 1.29 is 25.9 Å². The van der Waals surface area contributed by atoms with Gasteiger partial charge in [-0.05, 0) is 37.6 Å². The van der Waals surface area contributed by atoms with Gasteiger partial charge >= 0.3 is 10.4 Å². The van der Waals surface area contributed by atoms with Gasteiger partial charge in [-0.25, -0.2) is 13.1 Å². The van der Waals surface area contributed by atoms with E-state index >= 15 is 0 Å². The smallest absolute Gasteiger partial charge is 0.394 e. The van der Waals surface area contributed by atoms with Crippen molar-refractivity contribution in [2.24, 2.45) is 0 Å². The van der Waals surface area contributed by atoms with Gasteiger partial charge in [-0.1, -0.05) is 0 Å². The Morgan fingerprint density at radius 1 is 1.22 bits per heavy atom. The van der Waals surface area contributed by atoms with Gasteiger partial charge in [0.2, 0.25) is 10.0 Å². The zero-order valence-corrected chi connectivity index (χ0v) is 14.9. The van der Waals surface area contributed by atoms with Crippen LogP contribution in [0, 0.1) is 6.92 Å². The van der Waals surface area contributed by atoms with Crippen molar-refractivity contribution in [1.82, 2.24) is 4.72 Å². The lowest BCUT2D eigenvalue weighted by atomic mass is 10.1. The van der Waals surface area contributed by atoms with E-state index in [-0.39, 0.29) is 0 Å². The third kappa shape index (κ3) is 11.8. The van der Waals surface area contributed by atoms with Crippen molar-refractivity contribution in [3.8, 4) is 0 Å². The maximum absolute atomic E-state index is 11.0. The van der Waals surface area contributed by atoms with Crippen LogP contribution in [0.15, 0.2) is 18.2 Å². The van der Waals surface area contributed by atoms with Gasteiger partial charge in [-0.15, -0.1) is 0 Å². The highest BCUT2D eigenvalue weighted by Gasteiger charge is 2.08. The number of nitrogen functional groups attached to an aromatic ring is 1. The zero-order valence-electron chi connectivity index (χ0n) is 13.2. The highest BCUT2D eigenvalue weighted by atomic mass is 32.3. The molecule has 1 rings (SSSR count). The topological polar surface area (TPSA) is 150 Å². The molecule has 5 N–H and O–H groups in total. The molecule has 0 radical (unpaired) electrons. The Morgan fingerprint density at radius 3 is 2.13 bits per heavy atom. The van der Waals surface area contributed by atoms with Crippen molar-refractivity contribution in [3.63, 3.8) is 0 Å². The number of nitrogens with one attached hydrogen (secondary N) is 1. The SMILES string of the molecule is CCN(CCNS(C)(=O)=O)c1ccc(N)cc1C.O=S(=O)(O)O.